The lowest BCUT2D eigenvalue weighted by Crippen LogP contribution is -2.61. The van der Waals surface area contributed by atoms with Crippen LogP contribution in [0.2, 0.25) is 0 Å². The van der Waals surface area contributed by atoms with Crippen LogP contribution in [0, 0.1) is 19.8 Å². The molecule has 1 aromatic rings. The Kier molecular flexibility index (Phi) is 4.85. The van der Waals surface area contributed by atoms with Gasteiger partial charge in [0.15, 0.2) is 9.84 Å². The van der Waals surface area contributed by atoms with Gasteiger partial charge in [0.2, 0.25) is 0 Å². The van der Waals surface area contributed by atoms with E-state index in [9.17, 15) is 13.2 Å². The zero-order chi connectivity index (χ0) is 18.4. The highest BCUT2D eigenvalue weighted by Gasteiger charge is 2.48. The second-order valence-electron chi connectivity index (χ2n) is 7.52. The van der Waals surface area contributed by atoms with Crippen molar-refractivity contribution in [2.75, 3.05) is 31.1 Å². The van der Waals surface area contributed by atoms with Gasteiger partial charge in [0.05, 0.1) is 28.8 Å². The van der Waals surface area contributed by atoms with Crippen molar-refractivity contribution >= 4 is 15.7 Å². The Morgan fingerprint density at radius 1 is 1.24 bits per heavy atom. The van der Waals surface area contributed by atoms with Gasteiger partial charge in [0, 0.05) is 31.9 Å². The normalized spacial score (nSPS) is 26.0. The summed E-state index contributed by atoms with van der Waals surface area (Å²) in [6.45, 7) is 9.92. The van der Waals surface area contributed by atoms with E-state index in [2.05, 4.69) is 28.7 Å². The maximum absolute atomic E-state index is 13.0. The summed E-state index contributed by atoms with van der Waals surface area (Å²) in [5.41, 5.74) is 1.10. The van der Waals surface area contributed by atoms with Crippen molar-refractivity contribution in [2.24, 2.45) is 5.92 Å². The minimum absolute atomic E-state index is 0.0454. The Morgan fingerprint density at radius 2 is 1.92 bits per heavy atom. The largest absolute Gasteiger partial charge is 0.332 e. The van der Waals surface area contributed by atoms with E-state index in [4.69, 9.17) is 0 Å². The minimum Gasteiger partial charge on any atom is -0.332 e. The first-order valence-electron chi connectivity index (χ1n) is 8.73. The van der Waals surface area contributed by atoms with Crippen LogP contribution < -0.4 is 0 Å². The number of sulfone groups is 1. The van der Waals surface area contributed by atoms with Crippen molar-refractivity contribution in [1.82, 2.24) is 19.8 Å². The molecule has 0 radical (unpaired) electrons. The van der Waals surface area contributed by atoms with E-state index < -0.39 is 9.84 Å². The van der Waals surface area contributed by atoms with Crippen LogP contribution in [-0.2, 0) is 9.84 Å². The minimum atomic E-state index is -3.13. The lowest BCUT2D eigenvalue weighted by atomic mass is 10.0. The number of carbonyl (C=O) groups is 1. The van der Waals surface area contributed by atoms with Crippen molar-refractivity contribution in [2.45, 2.75) is 39.8 Å². The van der Waals surface area contributed by atoms with Crippen LogP contribution in [0.3, 0.4) is 0 Å². The third kappa shape index (κ3) is 3.69. The predicted molar refractivity (Wildman–Crippen MR) is 95.2 cm³/mol. The third-order valence-electron chi connectivity index (χ3n) is 4.98. The summed E-state index contributed by atoms with van der Waals surface area (Å²) in [5, 5.41) is 0. The number of hydrogen-bond acceptors (Lipinski definition) is 6. The number of fused-ring (bicyclic) bond motifs is 1. The molecule has 8 heteroatoms. The van der Waals surface area contributed by atoms with Gasteiger partial charge in [0.1, 0.15) is 5.82 Å². The highest BCUT2D eigenvalue weighted by Crippen LogP contribution is 2.29. The molecule has 0 aromatic carbocycles. The first-order chi connectivity index (χ1) is 11.7. The molecule has 0 saturated carbocycles. The Hall–Kier alpha value is -1.54. The van der Waals surface area contributed by atoms with Crippen LogP contribution in [0.5, 0.6) is 0 Å². The van der Waals surface area contributed by atoms with E-state index in [1.807, 2.05) is 0 Å². The molecule has 7 nitrogen and oxygen atoms in total. The van der Waals surface area contributed by atoms with Gasteiger partial charge in [-0.1, -0.05) is 13.8 Å². The van der Waals surface area contributed by atoms with Crippen molar-refractivity contribution in [1.29, 1.82) is 0 Å². The fourth-order valence-electron chi connectivity index (χ4n) is 3.92. The lowest BCUT2D eigenvalue weighted by Gasteiger charge is -2.44. The molecule has 3 heterocycles. The molecule has 0 N–H and O–H groups in total. The number of rotatable bonds is 3. The molecule has 1 amide bonds. The molecular weight excluding hydrogens is 340 g/mol. The highest BCUT2D eigenvalue weighted by atomic mass is 32.2. The quantitative estimate of drug-likeness (QED) is 0.782. The molecule has 2 aliphatic heterocycles. The molecule has 3 rings (SSSR count). The van der Waals surface area contributed by atoms with Gasteiger partial charge in [-0.2, -0.15) is 0 Å². The zero-order valence-electron chi connectivity index (χ0n) is 15.3. The first kappa shape index (κ1) is 18.3. The van der Waals surface area contributed by atoms with Crippen LogP contribution in [-0.4, -0.2) is 77.3 Å². The Bertz CT molecular complexity index is 778. The number of aromatic nitrogens is 2. The number of nitrogens with zero attached hydrogens (tertiary/aromatic N) is 4. The summed E-state index contributed by atoms with van der Waals surface area (Å²) >= 11 is 0. The summed E-state index contributed by atoms with van der Waals surface area (Å²) in [6, 6.07) is -0.400. The summed E-state index contributed by atoms with van der Waals surface area (Å²) in [4.78, 5) is 25.4. The molecule has 2 atom stereocenters. The Labute approximate surface area is 149 Å². The first-order valence-corrected chi connectivity index (χ1v) is 10.6. The van der Waals surface area contributed by atoms with Crippen LogP contribution in [0.15, 0.2) is 6.20 Å². The molecule has 138 valence electrons. The molecule has 0 aliphatic carbocycles. The monoisotopic (exact) mass is 366 g/mol. The van der Waals surface area contributed by atoms with E-state index in [1.54, 1.807) is 24.9 Å². The highest BCUT2D eigenvalue weighted by molar-refractivity contribution is 7.91. The molecule has 0 spiro atoms. The predicted octanol–water partition coefficient (Wildman–Crippen LogP) is 0.673. The molecule has 0 bridgehead atoms. The number of carbonyl (C=O) groups excluding carboxylic acids is 1. The summed E-state index contributed by atoms with van der Waals surface area (Å²) < 4.78 is 24.5. The van der Waals surface area contributed by atoms with Crippen LogP contribution in [0.1, 0.15) is 35.7 Å². The second kappa shape index (κ2) is 6.64. The number of aryl methyl sites for hydroxylation is 2. The molecule has 25 heavy (non-hydrogen) atoms. The SMILES string of the molecule is Cc1ncc(C(=O)N2CCN(CC(C)C)[C@@H]3CS(=O)(=O)C[C@@H]32)c(C)n1. The van der Waals surface area contributed by atoms with Gasteiger partial charge in [-0.25, -0.2) is 18.4 Å². The fourth-order valence-corrected chi connectivity index (χ4v) is 5.93. The summed E-state index contributed by atoms with van der Waals surface area (Å²) in [6.07, 6.45) is 1.55. The fraction of sp³-hybridized carbons (Fsp3) is 0.706. The number of piperazine rings is 1. The lowest BCUT2D eigenvalue weighted by molar-refractivity contribution is 0.0296. The van der Waals surface area contributed by atoms with Gasteiger partial charge in [-0.15, -0.1) is 0 Å². The van der Waals surface area contributed by atoms with Gasteiger partial charge in [-0.3, -0.25) is 9.69 Å². The topological polar surface area (TPSA) is 83.5 Å². The van der Waals surface area contributed by atoms with Crippen molar-refractivity contribution in [3.63, 3.8) is 0 Å². The average Bonchev–Trinajstić information content (AvgIpc) is 2.82. The van der Waals surface area contributed by atoms with E-state index in [0.717, 1.165) is 6.54 Å². The number of amides is 1. The second-order valence-corrected chi connectivity index (χ2v) is 9.67. The summed E-state index contributed by atoms with van der Waals surface area (Å²) in [7, 11) is -3.13. The van der Waals surface area contributed by atoms with Gasteiger partial charge in [-0.05, 0) is 19.8 Å². The van der Waals surface area contributed by atoms with Gasteiger partial charge in [0.25, 0.3) is 5.91 Å². The smallest absolute Gasteiger partial charge is 0.257 e. The molecular formula is C17H26N4O3S. The van der Waals surface area contributed by atoms with Crippen LogP contribution in [0.4, 0.5) is 0 Å². The number of hydrogen-bond donors (Lipinski definition) is 0. The maximum Gasteiger partial charge on any atom is 0.257 e. The van der Waals surface area contributed by atoms with E-state index >= 15 is 0 Å². The maximum atomic E-state index is 13.0. The zero-order valence-corrected chi connectivity index (χ0v) is 16.1. The molecule has 2 aliphatic rings. The van der Waals surface area contributed by atoms with Gasteiger partial charge >= 0.3 is 0 Å². The van der Waals surface area contributed by atoms with Crippen LogP contribution >= 0.6 is 0 Å². The van der Waals surface area contributed by atoms with Crippen LogP contribution in [0.25, 0.3) is 0 Å². The standard InChI is InChI=1S/C17H26N4O3S/c1-11(2)8-20-5-6-21(16-10-25(23,24)9-15(16)20)17(22)14-7-18-13(4)19-12(14)3/h7,11,15-16H,5-6,8-10H2,1-4H3/t15-,16+/m1/s1. The van der Waals surface area contributed by atoms with Crippen molar-refractivity contribution < 1.29 is 13.2 Å². The average molecular weight is 366 g/mol. The Balaban J connectivity index is 1.89. The van der Waals surface area contributed by atoms with E-state index in [0.29, 0.717) is 36.1 Å². The molecule has 2 saturated heterocycles. The molecule has 2 fully saturated rings. The van der Waals surface area contributed by atoms with E-state index in [1.165, 1.54) is 0 Å². The third-order valence-corrected chi connectivity index (χ3v) is 6.68. The van der Waals surface area contributed by atoms with E-state index in [-0.39, 0.29) is 29.5 Å². The summed E-state index contributed by atoms with van der Waals surface area (Å²) in [5.74, 6) is 1.10. The van der Waals surface area contributed by atoms with Crippen molar-refractivity contribution in [3.05, 3.63) is 23.3 Å². The van der Waals surface area contributed by atoms with Gasteiger partial charge < -0.3 is 4.90 Å². The van der Waals surface area contributed by atoms with Crippen molar-refractivity contribution in [3.8, 4) is 0 Å². The molecule has 1 aromatic heterocycles. The molecule has 0 unspecified atom stereocenters. The Morgan fingerprint density at radius 3 is 2.56 bits per heavy atom.